The Labute approximate surface area is 116 Å². The maximum atomic E-state index is 11.9. The van der Waals surface area contributed by atoms with Crippen LogP contribution in [-0.4, -0.2) is 29.7 Å². The third kappa shape index (κ3) is 3.19. The van der Waals surface area contributed by atoms with Gasteiger partial charge in [-0.2, -0.15) is 0 Å². The highest BCUT2D eigenvalue weighted by atomic mass is 35.5. The van der Waals surface area contributed by atoms with Crippen LogP contribution in [0.2, 0.25) is 5.15 Å². The van der Waals surface area contributed by atoms with Gasteiger partial charge in [-0.3, -0.25) is 4.72 Å². The number of sulfonamides is 1. The number of carboxylic acids is 1. The lowest BCUT2D eigenvalue weighted by molar-refractivity contribution is 0.0702. The van der Waals surface area contributed by atoms with Gasteiger partial charge < -0.3 is 5.11 Å². The van der Waals surface area contributed by atoms with E-state index in [-0.39, 0.29) is 20.7 Å². The maximum absolute atomic E-state index is 11.9. The third-order valence-electron chi connectivity index (χ3n) is 1.97. The molecule has 2 aromatic heterocycles. The Kier molecular flexibility index (Phi) is 3.69. The van der Waals surface area contributed by atoms with E-state index in [4.69, 9.17) is 16.7 Å². The van der Waals surface area contributed by atoms with Crippen molar-refractivity contribution in [3.05, 3.63) is 33.6 Å². The SMILES string of the molecule is O=C(O)c1cc(S(=O)(=O)Nc2ccc(Cl)nn2)cs1. The summed E-state index contributed by atoms with van der Waals surface area (Å²) in [6, 6.07) is 3.79. The van der Waals surface area contributed by atoms with Crippen molar-refractivity contribution in [2.75, 3.05) is 4.72 Å². The molecule has 2 rings (SSSR count). The zero-order valence-electron chi connectivity index (χ0n) is 9.07. The summed E-state index contributed by atoms with van der Waals surface area (Å²) in [6.45, 7) is 0. The van der Waals surface area contributed by atoms with Crippen LogP contribution in [0.15, 0.2) is 28.5 Å². The van der Waals surface area contributed by atoms with Crippen molar-refractivity contribution in [2.45, 2.75) is 4.90 Å². The molecule has 10 heteroatoms. The number of rotatable bonds is 4. The Balaban J connectivity index is 2.26. The average molecular weight is 320 g/mol. The van der Waals surface area contributed by atoms with Gasteiger partial charge in [0.05, 0.1) is 4.90 Å². The van der Waals surface area contributed by atoms with Crippen LogP contribution >= 0.6 is 22.9 Å². The van der Waals surface area contributed by atoms with Crippen LogP contribution in [0.3, 0.4) is 0 Å². The molecule has 2 aromatic rings. The van der Waals surface area contributed by atoms with E-state index in [1.807, 2.05) is 0 Å². The normalized spacial score (nSPS) is 11.2. The number of hydrogen-bond acceptors (Lipinski definition) is 6. The van der Waals surface area contributed by atoms with Crippen LogP contribution in [0.25, 0.3) is 0 Å². The first-order valence-electron chi connectivity index (χ1n) is 4.72. The predicted octanol–water partition coefficient (Wildman–Crippen LogP) is 1.69. The van der Waals surface area contributed by atoms with E-state index in [1.165, 1.54) is 17.5 Å². The summed E-state index contributed by atoms with van der Waals surface area (Å²) in [4.78, 5) is 10.5. The molecular formula is C9H6ClN3O4S2. The minimum Gasteiger partial charge on any atom is -0.477 e. The second-order valence-corrected chi connectivity index (χ2v) is 6.28. The van der Waals surface area contributed by atoms with E-state index < -0.39 is 16.0 Å². The largest absolute Gasteiger partial charge is 0.477 e. The first kappa shape index (κ1) is 13.7. The van der Waals surface area contributed by atoms with Crippen molar-refractivity contribution in [1.82, 2.24) is 10.2 Å². The fraction of sp³-hybridized carbons (Fsp3) is 0. The molecule has 0 atom stereocenters. The number of aromatic carboxylic acids is 1. The standard InChI is InChI=1S/C9H6ClN3O4S2/c10-7-1-2-8(12-11-7)13-19(16,17)5-3-6(9(14)15)18-4-5/h1-4H,(H,12,13)(H,14,15). The molecule has 0 spiro atoms. The van der Waals surface area contributed by atoms with Crippen molar-refractivity contribution in [1.29, 1.82) is 0 Å². The van der Waals surface area contributed by atoms with Crippen molar-refractivity contribution in [3.63, 3.8) is 0 Å². The highest BCUT2D eigenvalue weighted by Gasteiger charge is 2.19. The number of carbonyl (C=O) groups is 1. The van der Waals surface area contributed by atoms with E-state index in [2.05, 4.69) is 14.9 Å². The molecule has 0 bridgehead atoms. The molecule has 0 radical (unpaired) electrons. The molecule has 100 valence electrons. The first-order chi connectivity index (χ1) is 8.88. The fourth-order valence-corrected chi connectivity index (χ4v) is 3.35. The summed E-state index contributed by atoms with van der Waals surface area (Å²) in [5.74, 6) is -1.19. The summed E-state index contributed by atoms with van der Waals surface area (Å²) in [5, 5.41) is 17.1. The van der Waals surface area contributed by atoms with Gasteiger partial charge in [0.25, 0.3) is 10.0 Å². The summed E-state index contributed by atoms with van der Waals surface area (Å²) in [7, 11) is -3.89. The monoisotopic (exact) mass is 319 g/mol. The van der Waals surface area contributed by atoms with Crippen LogP contribution in [0, 0.1) is 0 Å². The summed E-state index contributed by atoms with van der Waals surface area (Å²) in [5.41, 5.74) is 0. The molecule has 0 saturated carbocycles. The lowest BCUT2D eigenvalue weighted by Crippen LogP contribution is -2.13. The van der Waals surface area contributed by atoms with Gasteiger partial charge >= 0.3 is 5.97 Å². The maximum Gasteiger partial charge on any atom is 0.345 e. The predicted molar refractivity (Wildman–Crippen MR) is 69.1 cm³/mol. The van der Waals surface area contributed by atoms with E-state index >= 15 is 0 Å². The number of hydrogen-bond donors (Lipinski definition) is 2. The molecule has 0 unspecified atom stereocenters. The van der Waals surface area contributed by atoms with E-state index in [0.717, 1.165) is 17.4 Å². The Morgan fingerprint density at radius 3 is 2.63 bits per heavy atom. The van der Waals surface area contributed by atoms with Gasteiger partial charge in [0.1, 0.15) is 4.88 Å². The molecule has 0 aliphatic heterocycles. The molecule has 0 amide bonds. The first-order valence-corrected chi connectivity index (χ1v) is 7.46. The van der Waals surface area contributed by atoms with Gasteiger partial charge in [0.2, 0.25) is 0 Å². The number of aromatic nitrogens is 2. The van der Waals surface area contributed by atoms with Gasteiger partial charge in [-0.15, -0.1) is 21.5 Å². The van der Waals surface area contributed by atoms with E-state index in [9.17, 15) is 13.2 Å². The molecular weight excluding hydrogens is 314 g/mol. The van der Waals surface area contributed by atoms with Gasteiger partial charge in [-0.05, 0) is 18.2 Å². The quantitative estimate of drug-likeness (QED) is 0.887. The van der Waals surface area contributed by atoms with Gasteiger partial charge in [-0.25, -0.2) is 13.2 Å². The molecule has 0 aliphatic rings. The van der Waals surface area contributed by atoms with Gasteiger partial charge in [-0.1, -0.05) is 11.6 Å². The Morgan fingerprint density at radius 2 is 2.11 bits per heavy atom. The van der Waals surface area contributed by atoms with E-state index in [1.54, 1.807) is 0 Å². The molecule has 2 N–H and O–H groups in total. The van der Waals surface area contributed by atoms with Crippen LogP contribution < -0.4 is 4.72 Å². The molecule has 0 aromatic carbocycles. The molecule has 0 saturated heterocycles. The Morgan fingerprint density at radius 1 is 1.37 bits per heavy atom. The molecule has 0 aliphatic carbocycles. The number of anilines is 1. The number of halogens is 1. The number of carboxylic acid groups (broad SMARTS) is 1. The van der Waals surface area contributed by atoms with Crippen LogP contribution in [0.5, 0.6) is 0 Å². The zero-order chi connectivity index (χ0) is 14.0. The van der Waals surface area contributed by atoms with Crippen molar-refractivity contribution in [2.24, 2.45) is 0 Å². The lowest BCUT2D eigenvalue weighted by atomic mass is 10.5. The van der Waals surface area contributed by atoms with Crippen LogP contribution in [0.1, 0.15) is 9.67 Å². The second kappa shape index (κ2) is 5.11. The van der Waals surface area contributed by atoms with Crippen LogP contribution in [0.4, 0.5) is 5.82 Å². The smallest absolute Gasteiger partial charge is 0.345 e. The molecule has 7 nitrogen and oxygen atoms in total. The van der Waals surface area contributed by atoms with Crippen molar-refractivity contribution in [3.8, 4) is 0 Å². The van der Waals surface area contributed by atoms with Gasteiger partial charge in [0, 0.05) is 5.38 Å². The minimum atomic E-state index is -3.89. The lowest BCUT2D eigenvalue weighted by Gasteiger charge is -2.04. The molecule has 0 fully saturated rings. The zero-order valence-corrected chi connectivity index (χ0v) is 11.5. The Bertz CT molecular complexity index is 711. The molecule has 2 heterocycles. The van der Waals surface area contributed by atoms with Crippen molar-refractivity contribution >= 4 is 44.7 Å². The minimum absolute atomic E-state index is 0.00697. The van der Waals surface area contributed by atoms with Crippen molar-refractivity contribution < 1.29 is 18.3 Å². The number of nitrogens with zero attached hydrogens (tertiary/aromatic N) is 2. The summed E-state index contributed by atoms with van der Waals surface area (Å²) in [6.07, 6.45) is 0. The highest BCUT2D eigenvalue weighted by Crippen LogP contribution is 2.21. The molecule has 19 heavy (non-hydrogen) atoms. The van der Waals surface area contributed by atoms with E-state index in [0.29, 0.717) is 0 Å². The highest BCUT2D eigenvalue weighted by molar-refractivity contribution is 7.92. The number of nitrogens with one attached hydrogen (secondary N) is 1. The Hall–Kier alpha value is -1.71. The van der Waals surface area contributed by atoms with Gasteiger partial charge in [0.15, 0.2) is 11.0 Å². The topological polar surface area (TPSA) is 109 Å². The average Bonchev–Trinajstić information content (AvgIpc) is 2.82. The van der Waals surface area contributed by atoms with Crippen LogP contribution in [-0.2, 0) is 10.0 Å². The fourth-order valence-electron chi connectivity index (χ4n) is 1.14. The number of thiophene rings is 1. The summed E-state index contributed by atoms with van der Waals surface area (Å²) < 4.78 is 26.0. The second-order valence-electron chi connectivity index (χ2n) is 3.30. The summed E-state index contributed by atoms with van der Waals surface area (Å²) >= 11 is 6.35. The third-order valence-corrected chi connectivity index (χ3v) is 4.57.